The minimum Gasteiger partial charge on any atom is -0.355 e. The van der Waals surface area contributed by atoms with E-state index in [1.54, 1.807) is 0 Å². The van der Waals surface area contributed by atoms with Gasteiger partial charge in [0, 0.05) is 37.9 Å². The molecule has 2 aliphatic heterocycles. The number of rotatable bonds is 4. The second kappa shape index (κ2) is 6.36. The topological polar surface area (TPSA) is 41.4 Å². The SMILES string of the molecule is CC(C)CCN1c2cccnc2-n2cccc2[C@]12CCN(C(=O)[C@H]1C[C@@H]1C)C2. The van der Waals surface area contributed by atoms with Crippen LogP contribution in [-0.4, -0.2) is 40.0 Å². The number of likely N-dealkylation sites (tertiary alicyclic amines) is 1. The van der Waals surface area contributed by atoms with Gasteiger partial charge in [-0.3, -0.25) is 4.79 Å². The fourth-order valence-electron chi connectivity index (χ4n) is 5.13. The highest BCUT2D eigenvalue weighted by Crippen LogP contribution is 2.48. The Kier molecular flexibility index (Phi) is 4.04. The van der Waals surface area contributed by atoms with Gasteiger partial charge in [0.2, 0.25) is 5.91 Å². The minimum atomic E-state index is -0.151. The predicted octanol–water partition coefficient (Wildman–Crippen LogP) is 3.82. The third-order valence-electron chi connectivity index (χ3n) is 6.94. The first-order chi connectivity index (χ1) is 13.5. The van der Waals surface area contributed by atoms with Crippen LogP contribution in [0.1, 0.15) is 45.7 Å². The molecule has 3 aliphatic rings. The molecule has 0 N–H and O–H groups in total. The highest BCUT2D eigenvalue weighted by molar-refractivity contribution is 5.82. The Morgan fingerprint density at radius 2 is 2.14 bits per heavy atom. The highest BCUT2D eigenvalue weighted by Gasteiger charge is 2.52. The molecule has 3 atom stereocenters. The fraction of sp³-hybridized carbons (Fsp3) is 0.565. The number of nitrogens with zero attached hydrogens (tertiary/aromatic N) is 4. The van der Waals surface area contributed by atoms with Crippen molar-refractivity contribution in [3.63, 3.8) is 0 Å². The third kappa shape index (κ3) is 2.59. The first-order valence-corrected chi connectivity index (χ1v) is 10.7. The van der Waals surface area contributed by atoms with E-state index in [1.807, 2.05) is 12.3 Å². The van der Waals surface area contributed by atoms with Gasteiger partial charge >= 0.3 is 0 Å². The van der Waals surface area contributed by atoms with Crippen LogP contribution in [0.4, 0.5) is 5.69 Å². The van der Waals surface area contributed by atoms with Gasteiger partial charge in [0.25, 0.3) is 0 Å². The van der Waals surface area contributed by atoms with Crippen molar-refractivity contribution in [1.29, 1.82) is 0 Å². The Hall–Kier alpha value is -2.30. The Bertz CT molecular complexity index is 904. The van der Waals surface area contributed by atoms with Crippen LogP contribution in [0.3, 0.4) is 0 Å². The van der Waals surface area contributed by atoms with E-state index in [-0.39, 0.29) is 11.5 Å². The van der Waals surface area contributed by atoms with E-state index in [4.69, 9.17) is 4.98 Å². The molecule has 148 valence electrons. The summed E-state index contributed by atoms with van der Waals surface area (Å²) in [5.74, 6) is 2.82. The maximum absolute atomic E-state index is 13.0. The number of amides is 1. The van der Waals surface area contributed by atoms with Gasteiger partial charge in [0.05, 0.1) is 11.4 Å². The summed E-state index contributed by atoms with van der Waals surface area (Å²) in [4.78, 5) is 22.4. The number of fused-ring (bicyclic) bond motifs is 4. The Morgan fingerprint density at radius 1 is 1.32 bits per heavy atom. The van der Waals surface area contributed by atoms with Crippen molar-refractivity contribution in [3.8, 4) is 5.82 Å². The monoisotopic (exact) mass is 378 g/mol. The first-order valence-electron chi connectivity index (χ1n) is 10.7. The maximum atomic E-state index is 13.0. The first kappa shape index (κ1) is 17.8. The van der Waals surface area contributed by atoms with Crippen molar-refractivity contribution < 1.29 is 4.79 Å². The summed E-state index contributed by atoms with van der Waals surface area (Å²) in [5, 5.41) is 0. The third-order valence-corrected chi connectivity index (χ3v) is 6.94. The molecule has 0 unspecified atom stereocenters. The van der Waals surface area contributed by atoms with Crippen LogP contribution in [-0.2, 0) is 10.3 Å². The van der Waals surface area contributed by atoms with Gasteiger partial charge in [-0.15, -0.1) is 0 Å². The summed E-state index contributed by atoms with van der Waals surface area (Å²) in [5.41, 5.74) is 2.32. The highest BCUT2D eigenvalue weighted by atomic mass is 16.2. The summed E-state index contributed by atoms with van der Waals surface area (Å²) < 4.78 is 2.24. The van der Waals surface area contributed by atoms with Crippen LogP contribution in [0.2, 0.25) is 0 Å². The molecule has 5 nitrogen and oxygen atoms in total. The molecule has 5 heteroatoms. The van der Waals surface area contributed by atoms with Gasteiger partial charge < -0.3 is 14.4 Å². The Balaban J connectivity index is 1.56. The largest absolute Gasteiger partial charge is 0.355 e. The number of hydrogen-bond acceptors (Lipinski definition) is 3. The molecule has 1 spiro atoms. The van der Waals surface area contributed by atoms with Crippen molar-refractivity contribution in [1.82, 2.24) is 14.5 Å². The molecule has 28 heavy (non-hydrogen) atoms. The maximum Gasteiger partial charge on any atom is 0.226 e. The number of carbonyl (C=O) groups is 1. The molecule has 5 rings (SSSR count). The van der Waals surface area contributed by atoms with Crippen LogP contribution in [0, 0.1) is 17.8 Å². The molecule has 4 heterocycles. The molecular weight excluding hydrogens is 348 g/mol. The average molecular weight is 379 g/mol. The van der Waals surface area contributed by atoms with Crippen LogP contribution < -0.4 is 4.90 Å². The molecule has 1 saturated carbocycles. The second-order valence-electron chi connectivity index (χ2n) is 9.30. The van der Waals surface area contributed by atoms with Gasteiger partial charge in [0.15, 0.2) is 5.82 Å². The molecule has 1 saturated heterocycles. The van der Waals surface area contributed by atoms with Crippen LogP contribution >= 0.6 is 0 Å². The van der Waals surface area contributed by atoms with E-state index in [1.165, 1.54) is 11.4 Å². The average Bonchev–Trinajstić information content (AvgIpc) is 3.09. The van der Waals surface area contributed by atoms with E-state index in [9.17, 15) is 4.79 Å². The molecule has 2 fully saturated rings. The van der Waals surface area contributed by atoms with E-state index in [2.05, 4.69) is 59.5 Å². The molecule has 0 bridgehead atoms. The normalized spacial score (nSPS) is 28.0. The van der Waals surface area contributed by atoms with Crippen molar-refractivity contribution in [2.45, 2.75) is 45.6 Å². The van der Waals surface area contributed by atoms with E-state index in [0.29, 0.717) is 17.7 Å². The predicted molar refractivity (Wildman–Crippen MR) is 111 cm³/mol. The van der Waals surface area contributed by atoms with Crippen molar-refractivity contribution >= 4 is 11.6 Å². The molecular formula is C23H30N4O. The number of anilines is 1. The zero-order valence-electron chi connectivity index (χ0n) is 17.1. The van der Waals surface area contributed by atoms with E-state index >= 15 is 0 Å². The van der Waals surface area contributed by atoms with Crippen molar-refractivity contribution in [2.24, 2.45) is 17.8 Å². The molecule has 2 aromatic heterocycles. The number of carbonyl (C=O) groups excluding carboxylic acids is 1. The van der Waals surface area contributed by atoms with Gasteiger partial charge in [0.1, 0.15) is 5.54 Å². The van der Waals surface area contributed by atoms with E-state index < -0.39 is 0 Å². The van der Waals surface area contributed by atoms with Crippen LogP contribution in [0.5, 0.6) is 0 Å². The van der Waals surface area contributed by atoms with Gasteiger partial charge in [-0.25, -0.2) is 4.98 Å². The summed E-state index contributed by atoms with van der Waals surface area (Å²) in [6.07, 6.45) is 7.17. The molecule has 2 aromatic rings. The smallest absolute Gasteiger partial charge is 0.226 e. The fourth-order valence-corrected chi connectivity index (χ4v) is 5.13. The summed E-state index contributed by atoms with van der Waals surface area (Å²) in [7, 11) is 0. The quantitative estimate of drug-likeness (QED) is 0.812. The van der Waals surface area contributed by atoms with Gasteiger partial charge in [-0.2, -0.15) is 0 Å². The van der Waals surface area contributed by atoms with E-state index in [0.717, 1.165) is 44.7 Å². The molecule has 1 amide bonds. The zero-order chi connectivity index (χ0) is 19.5. The molecule has 1 aliphatic carbocycles. The zero-order valence-corrected chi connectivity index (χ0v) is 17.1. The Labute approximate surface area is 167 Å². The van der Waals surface area contributed by atoms with Gasteiger partial charge in [-0.1, -0.05) is 20.8 Å². The lowest BCUT2D eigenvalue weighted by atomic mass is 9.88. The summed E-state index contributed by atoms with van der Waals surface area (Å²) >= 11 is 0. The van der Waals surface area contributed by atoms with Crippen molar-refractivity contribution in [2.75, 3.05) is 24.5 Å². The molecule has 0 radical (unpaired) electrons. The van der Waals surface area contributed by atoms with Gasteiger partial charge in [-0.05, 0) is 55.4 Å². The number of pyridine rings is 1. The lowest BCUT2D eigenvalue weighted by molar-refractivity contribution is -0.132. The second-order valence-corrected chi connectivity index (χ2v) is 9.30. The standard InChI is InChI=1S/C23H30N4O/c1-16(2)8-12-27-19-6-4-10-24-21(19)26-11-5-7-20(26)23(27)9-13-25(15-23)22(28)18-14-17(18)3/h4-7,10-11,16-18H,8-9,12-15H2,1-3H3/t17-,18-,23+/m0/s1. The van der Waals surface area contributed by atoms with Crippen LogP contribution in [0.25, 0.3) is 5.82 Å². The van der Waals surface area contributed by atoms with Crippen LogP contribution in [0.15, 0.2) is 36.7 Å². The summed E-state index contributed by atoms with van der Waals surface area (Å²) in [6.45, 7) is 9.37. The van der Waals surface area contributed by atoms with Crippen molar-refractivity contribution in [3.05, 3.63) is 42.4 Å². The summed E-state index contributed by atoms with van der Waals surface area (Å²) in [6, 6.07) is 8.58. The number of hydrogen-bond donors (Lipinski definition) is 0. The Morgan fingerprint density at radius 3 is 2.89 bits per heavy atom. The lowest BCUT2D eigenvalue weighted by Gasteiger charge is -2.47. The molecule has 0 aromatic carbocycles. The lowest BCUT2D eigenvalue weighted by Crippen LogP contribution is -2.53. The number of aromatic nitrogens is 2. The minimum absolute atomic E-state index is 0.151.